The molecule has 1 aromatic rings. The summed E-state index contributed by atoms with van der Waals surface area (Å²) in [5, 5.41) is 21.6. The Bertz CT molecular complexity index is 478. The van der Waals surface area contributed by atoms with E-state index in [4.69, 9.17) is 0 Å². The van der Waals surface area contributed by atoms with Gasteiger partial charge >= 0.3 is 0 Å². The van der Waals surface area contributed by atoms with Crippen LogP contribution in [0.2, 0.25) is 0 Å². The summed E-state index contributed by atoms with van der Waals surface area (Å²) in [6.07, 6.45) is 0.815. The molecule has 7 heteroatoms. The highest BCUT2D eigenvalue weighted by atomic mass is 79.9. The Morgan fingerprint density at radius 1 is 1.28 bits per heavy atom. The molecule has 1 aromatic carbocycles. The van der Waals surface area contributed by atoms with Crippen LogP contribution < -0.4 is 0 Å². The van der Waals surface area contributed by atoms with E-state index >= 15 is 0 Å². The first-order valence-electron chi connectivity index (χ1n) is 5.45. The van der Waals surface area contributed by atoms with Gasteiger partial charge in [0.1, 0.15) is 0 Å². The number of benzene rings is 1. The van der Waals surface area contributed by atoms with Gasteiger partial charge in [-0.2, -0.15) is 0 Å². The monoisotopic (exact) mass is 316 g/mol. The van der Waals surface area contributed by atoms with Gasteiger partial charge in [-0.05, 0) is 12.5 Å². The van der Waals surface area contributed by atoms with E-state index in [2.05, 4.69) is 15.9 Å². The molecule has 0 fully saturated rings. The van der Waals surface area contributed by atoms with Crippen molar-refractivity contribution in [3.05, 3.63) is 44.0 Å². The van der Waals surface area contributed by atoms with Crippen molar-refractivity contribution in [2.75, 3.05) is 0 Å². The SMILES string of the molecule is CCC(Br)C(C)c1ccc([N+](=O)[O-])cc1[N+](=O)[O-]. The van der Waals surface area contributed by atoms with Crippen LogP contribution in [0.5, 0.6) is 0 Å². The zero-order valence-corrected chi connectivity index (χ0v) is 11.6. The van der Waals surface area contributed by atoms with Gasteiger partial charge in [0.25, 0.3) is 11.4 Å². The van der Waals surface area contributed by atoms with Crippen molar-refractivity contribution in [2.45, 2.75) is 31.0 Å². The van der Waals surface area contributed by atoms with E-state index in [1.165, 1.54) is 12.1 Å². The third-order valence-corrected chi connectivity index (χ3v) is 4.29. The molecule has 0 heterocycles. The average Bonchev–Trinajstić information content (AvgIpc) is 2.35. The second kappa shape index (κ2) is 5.90. The summed E-state index contributed by atoms with van der Waals surface area (Å²) < 4.78 is 0. The van der Waals surface area contributed by atoms with Crippen LogP contribution in [-0.2, 0) is 0 Å². The zero-order valence-electron chi connectivity index (χ0n) is 10.00. The van der Waals surface area contributed by atoms with Gasteiger partial charge in [0.2, 0.25) is 0 Å². The average molecular weight is 317 g/mol. The van der Waals surface area contributed by atoms with E-state index in [0.717, 1.165) is 12.5 Å². The Kier molecular flexibility index (Phi) is 4.77. The molecule has 18 heavy (non-hydrogen) atoms. The summed E-state index contributed by atoms with van der Waals surface area (Å²) in [5.41, 5.74) is 0.0456. The first kappa shape index (κ1) is 14.6. The Morgan fingerprint density at radius 3 is 2.33 bits per heavy atom. The second-order valence-electron chi connectivity index (χ2n) is 3.97. The standard InChI is InChI=1S/C11H13BrN2O4/c1-3-10(12)7(2)9-5-4-8(13(15)16)6-11(9)14(17)18/h4-7,10H,3H2,1-2H3. The molecule has 98 valence electrons. The fourth-order valence-corrected chi connectivity index (χ4v) is 2.02. The number of halogens is 1. The lowest BCUT2D eigenvalue weighted by atomic mass is 9.94. The van der Waals surface area contributed by atoms with Crippen LogP contribution in [0, 0.1) is 20.2 Å². The molecule has 0 aliphatic carbocycles. The number of nitrogens with zero attached hydrogens (tertiary/aromatic N) is 2. The van der Waals surface area contributed by atoms with Gasteiger partial charge in [0, 0.05) is 22.4 Å². The minimum absolute atomic E-state index is 0.0868. The number of hydrogen-bond acceptors (Lipinski definition) is 4. The van der Waals surface area contributed by atoms with Crippen LogP contribution in [0.25, 0.3) is 0 Å². The maximum atomic E-state index is 11.0. The lowest BCUT2D eigenvalue weighted by Gasteiger charge is -2.16. The third-order valence-electron chi connectivity index (χ3n) is 2.84. The van der Waals surface area contributed by atoms with Crippen molar-refractivity contribution in [2.24, 2.45) is 0 Å². The van der Waals surface area contributed by atoms with Crippen LogP contribution in [-0.4, -0.2) is 14.7 Å². The molecule has 0 spiro atoms. The van der Waals surface area contributed by atoms with Crippen LogP contribution in [0.4, 0.5) is 11.4 Å². The van der Waals surface area contributed by atoms with Crippen molar-refractivity contribution in [1.29, 1.82) is 0 Å². The molecule has 0 radical (unpaired) electrons. The lowest BCUT2D eigenvalue weighted by Crippen LogP contribution is -2.10. The van der Waals surface area contributed by atoms with Crippen molar-refractivity contribution in [1.82, 2.24) is 0 Å². The van der Waals surface area contributed by atoms with E-state index in [0.29, 0.717) is 5.56 Å². The number of nitro groups is 2. The summed E-state index contributed by atoms with van der Waals surface area (Å²) in [4.78, 5) is 20.5. The smallest absolute Gasteiger partial charge is 0.258 e. The fraction of sp³-hybridized carbons (Fsp3) is 0.455. The highest BCUT2D eigenvalue weighted by Gasteiger charge is 2.25. The molecular formula is C11H13BrN2O4. The molecule has 0 aliphatic heterocycles. The van der Waals surface area contributed by atoms with Crippen LogP contribution in [0.3, 0.4) is 0 Å². The zero-order chi connectivity index (χ0) is 13.9. The highest BCUT2D eigenvalue weighted by Crippen LogP contribution is 2.35. The molecule has 2 atom stereocenters. The third kappa shape index (κ3) is 3.04. The molecule has 2 unspecified atom stereocenters. The molecule has 6 nitrogen and oxygen atoms in total. The topological polar surface area (TPSA) is 86.3 Å². The molecule has 0 aromatic heterocycles. The van der Waals surface area contributed by atoms with Gasteiger partial charge in [-0.1, -0.05) is 29.8 Å². The van der Waals surface area contributed by atoms with Gasteiger partial charge in [-0.3, -0.25) is 20.2 Å². The Balaban J connectivity index is 3.27. The fourth-order valence-electron chi connectivity index (χ4n) is 1.74. The number of nitro benzene ring substituents is 2. The summed E-state index contributed by atoms with van der Waals surface area (Å²) >= 11 is 3.45. The Labute approximate surface area is 112 Å². The van der Waals surface area contributed by atoms with Crippen LogP contribution >= 0.6 is 15.9 Å². The maximum absolute atomic E-state index is 11.0. The predicted molar refractivity (Wildman–Crippen MR) is 71.2 cm³/mol. The molecule has 1 rings (SSSR count). The summed E-state index contributed by atoms with van der Waals surface area (Å²) in [6.45, 7) is 3.82. The molecule has 0 N–H and O–H groups in total. The van der Waals surface area contributed by atoms with E-state index < -0.39 is 9.85 Å². The molecule has 0 bridgehead atoms. The van der Waals surface area contributed by atoms with E-state index in [-0.39, 0.29) is 22.1 Å². The predicted octanol–water partition coefficient (Wildman–Crippen LogP) is 3.78. The lowest BCUT2D eigenvalue weighted by molar-refractivity contribution is -0.394. The first-order valence-corrected chi connectivity index (χ1v) is 6.36. The minimum atomic E-state index is -0.632. The van der Waals surface area contributed by atoms with Gasteiger partial charge in [0.15, 0.2) is 0 Å². The minimum Gasteiger partial charge on any atom is -0.258 e. The van der Waals surface area contributed by atoms with E-state index in [1.54, 1.807) is 0 Å². The molecular weight excluding hydrogens is 304 g/mol. The van der Waals surface area contributed by atoms with E-state index in [9.17, 15) is 20.2 Å². The van der Waals surface area contributed by atoms with Gasteiger partial charge < -0.3 is 0 Å². The van der Waals surface area contributed by atoms with Crippen molar-refractivity contribution >= 4 is 27.3 Å². The van der Waals surface area contributed by atoms with E-state index in [1.807, 2.05) is 13.8 Å². The maximum Gasteiger partial charge on any atom is 0.279 e. The normalized spacial score (nSPS) is 13.9. The van der Waals surface area contributed by atoms with Gasteiger partial charge in [-0.25, -0.2) is 0 Å². The number of rotatable bonds is 5. The summed E-state index contributed by atoms with van der Waals surface area (Å²) in [6, 6.07) is 3.78. The van der Waals surface area contributed by atoms with Crippen molar-refractivity contribution in [3.63, 3.8) is 0 Å². The Hall–Kier alpha value is -1.50. The molecule has 0 saturated carbocycles. The molecule has 0 amide bonds. The number of non-ortho nitro benzene ring substituents is 1. The summed E-state index contributed by atoms with van der Waals surface area (Å²) in [5.74, 6) is -0.0868. The summed E-state index contributed by atoms with van der Waals surface area (Å²) in [7, 11) is 0. The number of alkyl halides is 1. The molecule has 0 saturated heterocycles. The number of hydrogen-bond donors (Lipinski definition) is 0. The van der Waals surface area contributed by atoms with Crippen molar-refractivity contribution < 1.29 is 9.85 Å². The largest absolute Gasteiger partial charge is 0.279 e. The van der Waals surface area contributed by atoms with Crippen molar-refractivity contribution in [3.8, 4) is 0 Å². The van der Waals surface area contributed by atoms with Crippen LogP contribution in [0.15, 0.2) is 18.2 Å². The first-order chi connectivity index (χ1) is 8.38. The highest BCUT2D eigenvalue weighted by molar-refractivity contribution is 9.09. The Morgan fingerprint density at radius 2 is 1.89 bits per heavy atom. The quantitative estimate of drug-likeness (QED) is 0.470. The van der Waals surface area contributed by atoms with Gasteiger partial charge in [0.05, 0.1) is 15.9 Å². The second-order valence-corrected chi connectivity index (χ2v) is 5.15. The van der Waals surface area contributed by atoms with Gasteiger partial charge in [-0.15, -0.1) is 0 Å². The molecule has 0 aliphatic rings. The van der Waals surface area contributed by atoms with Crippen LogP contribution in [0.1, 0.15) is 31.7 Å².